The highest BCUT2D eigenvalue weighted by Gasteiger charge is 2.32. The van der Waals surface area contributed by atoms with E-state index in [0.29, 0.717) is 37.6 Å². The number of pyridine rings is 1. The standard InChI is InChI=1S/C18H20F3N5O2/c1-2-5-25-6-3-4-13(16(25)28)11-24-7-8-26(15(27)12-24)17-22-9-14(10-23-17)18(19,20)21/h3-4,6,9-10H,2,5,7-8,11-12H2,1H3. The molecular formula is C18H20F3N5O2. The Labute approximate surface area is 159 Å². The smallest absolute Gasteiger partial charge is 0.315 e. The fourth-order valence-electron chi connectivity index (χ4n) is 3.04. The molecule has 2 aromatic rings. The third kappa shape index (κ3) is 4.38. The van der Waals surface area contributed by atoms with Gasteiger partial charge in [0.25, 0.3) is 5.56 Å². The molecule has 1 amide bonds. The lowest BCUT2D eigenvalue weighted by Crippen LogP contribution is -2.51. The van der Waals surface area contributed by atoms with E-state index in [9.17, 15) is 22.8 Å². The van der Waals surface area contributed by atoms with Gasteiger partial charge in [-0.1, -0.05) is 13.0 Å². The molecule has 1 saturated heterocycles. The predicted octanol–water partition coefficient (Wildman–Crippen LogP) is 1.92. The van der Waals surface area contributed by atoms with E-state index in [4.69, 9.17) is 0 Å². The molecule has 0 spiro atoms. The van der Waals surface area contributed by atoms with Gasteiger partial charge in [0.05, 0.1) is 12.1 Å². The summed E-state index contributed by atoms with van der Waals surface area (Å²) in [7, 11) is 0. The van der Waals surface area contributed by atoms with Crippen molar-refractivity contribution in [2.24, 2.45) is 0 Å². The third-order valence-corrected chi connectivity index (χ3v) is 4.46. The van der Waals surface area contributed by atoms with Crippen LogP contribution in [0.25, 0.3) is 0 Å². The van der Waals surface area contributed by atoms with Crippen LogP contribution in [0.2, 0.25) is 0 Å². The molecule has 0 unspecified atom stereocenters. The first-order valence-corrected chi connectivity index (χ1v) is 8.90. The van der Waals surface area contributed by atoms with Crippen LogP contribution in [0, 0.1) is 0 Å². The molecule has 0 aliphatic carbocycles. The molecule has 3 rings (SSSR count). The molecule has 1 aliphatic rings. The molecule has 1 aliphatic heterocycles. The van der Waals surface area contributed by atoms with Crippen LogP contribution in [0.3, 0.4) is 0 Å². The number of halogens is 3. The molecule has 10 heteroatoms. The quantitative estimate of drug-likeness (QED) is 0.774. The monoisotopic (exact) mass is 395 g/mol. The van der Waals surface area contributed by atoms with Gasteiger partial charge in [-0.05, 0) is 12.5 Å². The van der Waals surface area contributed by atoms with Gasteiger partial charge in [-0.25, -0.2) is 9.97 Å². The van der Waals surface area contributed by atoms with E-state index in [-0.39, 0.29) is 30.5 Å². The van der Waals surface area contributed by atoms with Crippen LogP contribution >= 0.6 is 0 Å². The van der Waals surface area contributed by atoms with Crippen LogP contribution in [0.15, 0.2) is 35.5 Å². The largest absolute Gasteiger partial charge is 0.419 e. The molecule has 2 aromatic heterocycles. The normalized spacial score (nSPS) is 15.9. The first kappa shape index (κ1) is 20.0. The summed E-state index contributed by atoms with van der Waals surface area (Å²) < 4.78 is 39.5. The number of amides is 1. The Balaban J connectivity index is 1.67. The second kappa shape index (κ2) is 8.09. The molecule has 7 nitrogen and oxygen atoms in total. The molecule has 1 fully saturated rings. The summed E-state index contributed by atoms with van der Waals surface area (Å²) in [6, 6.07) is 3.55. The van der Waals surface area contributed by atoms with E-state index in [1.807, 2.05) is 11.8 Å². The van der Waals surface area contributed by atoms with E-state index in [2.05, 4.69) is 9.97 Å². The Bertz CT molecular complexity index is 895. The Hall–Kier alpha value is -2.75. The summed E-state index contributed by atoms with van der Waals surface area (Å²) in [6.07, 6.45) is -0.611. The van der Waals surface area contributed by atoms with Gasteiger partial charge in [0.1, 0.15) is 0 Å². The summed E-state index contributed by atoms with van der Waals surface area (Å²) in [5, 5.41) is 0. The average molecular weight is 395 g/mol. The van der Waals surface area contributed by atoms with Crippen molar-refractivity contribution in [3.8, 4) is 0 Å². The van der Waals surface area contributed by atoms with Crippen LogP contribution in [0.4, 0.5) is 19.1 Å². The number of alkyl halides is 3. The Kier molecular flexibility index (Phi) is 5.78. The number of rotatable bonds is 5. The van der Waals surface area contributed by atoms with Crippen molar-refractivity contribution in [3.05, 3.63) is 52.2 Å². The summed E-state index contributed by atoms with van der Waals surface area (Å²) in [5.74, 6) is -0.376. The van der Waals surface area contributed by atoms with Gasteiger partial charge in [0.2, 0.25) is 11.9 Å². The van der Waals surface area contributed by atoms with Crippen LogP contribution < -0.4 is 10.5 Å². The van der Waals surface area contributed by atoms with Crippen molar-refractivity contribution in [1.29, 1.82) is 0 Å². The van der Waals surface area contributed by atoms with Crippen molar-refractivity contribution >= 4 is 11.9 Å². The Morgan fingerprint density at radius 2 is 1.86 bits per heavy atom. The first-order valence-electron chi connectivity index (χ1n) is 8.90. The molecule has 28 heavy (non-hydrogen) atoms. The number of carbonyl (C=O) groups excluding carboxylic acids is 1. The summed E-state index contributed by atoms with van der Waals surface area (Å²) in [4.78, 5) is 35.3. The van der Waals surface area contributed by atoms with E-state index < -0.39 is 11.7 Å². The highest BCUT2D eigenvalue weighted by Crippen LogP contribution is 2.28. The summed E-state index contributed by atoms with van der Waals surface area (Å²) >= 11 is 0. The van der Waals surface area contributed by atoms with Crippen molar-refractivity contribution in [1.82, 2.24) is 19.4 Å². The SMILES string of the molecule is CCCn1cccc(CN2CCN(c3ncc(C(F)(F)F)cn3)C(=O)C2)c1=O. The predicted molar refractivity (Wildman–Crippen MR) is 95.7 cm³/mol. The fourth-order valence-corrected chi connectivity index (χ4v) is 3.04. The van der Waals surface area contributed by atoms with Gasteiger partial charge in [0, 0.05) is 50.3 Å². The number of aromatic nitrogens is 3. The number of anilines is 1. The molecule has 3 heterocycles. The zero-order chi connectivity index (χ0) is 20.3. The minimum absolute atomic E-state index is 0.0342. The van der Waals surface area contributed by atoms with Gasteiger partial charge < -0.3 is 4.57 Å². The first-order chi connectivity index (χ1) is 13.3. The van der Waals surface area contributed by atoms with Crippen LogP contribution in [0.5, 0.6) is 0 Å². The molecule has 0 atom stereocenters. The van der Waals surface area contributed by atoms with E-state index >= 15 is 0 Å². The number of hydrogen-bond donors (Lipinski definition) is 0. The Morgan fingerprint density at radius 1 is 1.14 bits per heavy atom. The number of carbonyl (C=O) groups is 1. The lowest BCUT2D eigenvalue weighted by Gasteiger charge is -2.32. The van der Waals surface area contributed by atoms with Crippen LogP contribution in [-0.4, -0.2) is 45.0 Å². The van der Waals surface area contributed by atoms with Crippen molar-refractivity contribution in [2.75, 3.05) is 24.5 Å². The highest BCUT2D eigenvalue weighted by molar-refractivity contribution is 5.93. The van der Waals surface area contributed by atoms with Crippen molar-refractivity contribution in [2.45, 2.75) is 32.6 Å². The van der Waals surface area contributed by atoms with Crippen molar-refractivity contribution in [3.63, 3.8) is 0 Å². The van der Waals surface area contributed by atoms with Gasteiger partial charge in [-0.2, -0.15) is 13.2 Å². The second-order valence-electron chi connectivity index (χ2n) is 6.56. The Morgan fingerprint density at radius 3 is 2.46 bits per heavy atom. The summed E-state index contributed by atoms with van der Waals surface area (Å²) in [5.41, 5.74) is -0.442. The molecular weight excluding hydrogens is 375 g/mol. The van der Waals surface area contributed by atoms with E-state index in [1.54, 1.807) is 22.9 Å². The fraction of sp³-hybridized carbons (Fsp3) is 0.444. The van der Waals surface area contributed by atoms with Gasteiger partial charge >= 0.3 is 6.18 Å². The van der Waals surface area contributed by atoms with Crippen LogP contribution in [0.1, 0.15) is 24.5 Å². The molecule has 0 bridgehead atoms. The molecule has 150 valence electrons. The zero-order valence-corrected chi connectivity index (χ0v) is 15.3. The van der Waals surface area contributed by atoms with E-state index in [1.165, 1.54) is 4.90 Å². The third-order valence-electron chi connectivity index (χ3n) is 4.46. The maximum atomic E-state index is 12.6. The topological polar surface area (TPSA) is 71.3 Å². The molecule has 0 radical (unpaired) electrons. The van der Waals surface area contributed by atoms with Crippen molar-refractivity contribution < 1.29 is 18.0 Å². The average Bonchev–Trinajstić information content (AvgIpc) is 2.65. The van der Waals surface area contributed by atoms with Gasteiger partial charge in [-0.15, -0.1) is 0 Å². The lowest BCUT2D eigenvalue weighted by molar-refractivity contribution is -0.138. The lowest BCUT2D eigenvalue weighted by atomic mass is 10.2. The number of nitrogens with zero attached hydrogens (tertiary/aromatic N) is 5. The van der Waals surface area contributed by atoms with Gasteiger partial charge in [0.15, 0.2) is 0 Å². The van der Waals surface area contributed by atoms with Crippen LogP contribution in [-0.2, 0) is 24.1 Å². The number of hydrogen-bond acceptors (Lipinski definition) is 5. The maximum Gasteiger partial charge on any atom is 0.419 e. The number of piperazine rings is 1. The highest BCUT2D eigenvalue weighted by atomic mass is 19.4. The summed E-state index contributed by atoms with van der Waals surface area (Å²) in [6.45, 7) is 3.67. The maximum absolute atomic E-state index is 12.6. The minimum atomic E-state index is -4.53. The van der Waals surface area contributed by atoms with E-state index in [0.717, 1.165) is 6.42 Å². The molecule has 0 N–H and O–H groups in total. The number of aryl methyl sites for hydroxylation is 1. The molecule has 0 aromatic carbocycles. The minimum Gasteiger partial charge on any atom is -0.315 e. The molecule has 0 saturated carbocycles. The van der Waals surface area contributed by atoms with Gasteiger partial charge in [-0.3, -0.25) is 19.4 Å². The second-order valence-corrected chi connectivity index (χ2v) is 6.56. The zero-order valence-electron chi connectivity index (χ0n) is 15.3.